The Balaban J connectivity index is 1.26. The van der Waals surface area contributed by atoms with Crippen LogP contribution in [0.5, 0.6) is 0 Å². The molecule has 5 heteroatoms. The van der Waals surface area contributed by atoms with Gasteiger partial charge in [0.2, 0.25) is 0 Å². The van der Waals surface area contributed by atoms with Gasteiger partial charge in [-0.1, -0.05) is 24.3 Å². The second-order valence-corrected chi connectivity index (χ2v) is 7.98. The zero-order valence-corrected chi connectivity index (χ0v) is 17.1. The number of amides is 1. The van der Waals surface area contributed by atoms with E-state index in [2.05, 4.69) is 51.5 Å². The molecular formula is C24H31N3O2. The zero-order valence-electron chi connectivity index (χ0n) is 17.1. The molecule has 29 heavy (non-hydrogen) atoms. The van der Waals surface area contributed by atoms with E-state index in [1.807, 2.05) is 12.1 Å². The SMILES string of the molecule is O=C(NCc1ccc(N2CCCCC2)cc1)c1ccc(CN2CCOCC2)cc1. The first-order valence-corrected chi connectivity index (χ1v) is 10.8. The van der Waals surface area contributed by atoms with E-state index in [-0.39, 0.29) is 5.91 Å². The molecule has 0 bridgehead atoms. The standard InChI is InChI=1S/C24H31N3O2/c28-24(22-8-4-21(5-9-22)19-26-14-16-29-17-15-26)25-18-20-6-10-23(11-7-20)27-12-2-1-3-13-27/h4-11H,1-3,12-19H2,(H,25,28). The Morgan fingerprint density at radius 2 is 1.48 bits per heavy atom. The fraction of sp³-hybridized carbons (Fsp3) is 0.458. The minimum absolute atomic E-state index is 0.0250. The molecule has 5 nitrogen and oxygen atoms in total. The van der Waals surface area contributed by atoms with E-state index in [0.717, 1.165) is 51.5 Å². The molecule has 2 aromatic rings. The first-order chi connectivity index (χ1) is 14.3. The van der Waals surface area contributed by atoms with Gasteiger partial charge in [-0.25, -0.2) is 0 Å². The number of ether oxygens (including phenoxy) is 1. The molecule has 0 spiro atoms. The van der Waals surface area contributed by atoms with Crippen LogP contribution in [0.1, 0.15) is 40.7 Å². The van der Waals surface area contributed by atoms with Gasteiger partial charge in [-0.2, -0.15) is 0 Å². The quantitative estimate of drug-likeness (QED) is 0.817. The van der Waals surface area contributed by atoms with Gasteiger partial charge in [-0.15, -0.1) is 0 Å². The number of rotatable bonds is 6. The van der Waals surface area contributed by atoms with Crippen LogP contribution in [0, 0.1) is 0 Å². The Kier molecular flexibility index (Phi) is 6.80. The molecule has 2 fully saturated rings. The molecule has 1 amide bonds. The number of hydrogen-bond acceptors (Lipinski definition) is 4. The summed E-state index contributed by atoms with van der Waals surface area (Å²) in [5.41, 5.74) is 4.36. The summed E-state index contributed by atoms with van der Waals surface area (Å²) in [5.74, 6) is -0.0250. The van der Waals surface area contributed by atoms with E-state index in [4.69, 9.17) is 4.74 Å². The first kappa shape index (κ1) is 19.9. The van der Waals surface area contributed by atoms with Gasteiger partial charge in [-0.3, -0.25) is 9.69 Å². The molecule has 154 valence electrons. The van der Waals surface area contributed by atoms with Gasteiger partial charge >= 0.3 is 0 Å². The lowest BCUT2D eigenvalue weighted by Gasteiger charge is -2.28. The highest BCUT2D eigenvalue weighted by Gasteiger charge is 2.12. The average molecular weight is 394 g/mol. The molecule has 2 aliphatic heterocycles. The summed E-state index contributed by atoms with van der Waals surface area (Å²) in [6.45, 7) is 7.31. The van der Waals surface area contributed by atoms with Crippen LogP contribution in [0.25, 0.3) is 0 Å². The van der Waals surface area contributed by atoms with Crippen LogP contribution in [0.2, 0.25) is 0 Å². The fourth-order valence-corrected chi connectivity index (χ4v) is 4.04. The molecule has 2 aliphatic rings. The first-order valence-electron chi connectivity index (χ1n) is 10.8. The summed E-state index contributed by atoms with van der Waals surface area (Å²) in [6.07, 6.45) is 3.90. The second kappa shape index (κ2) is 9.90. The second-order valence-electron chi connectivity index (χ2n) is 7.98. The maximum atomic E-state index is 12.5. The molecule has 0 aliphatic carbocycles. The number of piperidine rings is 1. The van der Waals surface area contributed by atoms with Crippen molar-refractivity contribution in [3.63, 3.8) is 0 Å². The van der Waals surface area contributed by atoms with Gasteiger partial charge in [-0.05, 0) is 54.7 Å². The Bertz CT molecular complexity index is 777. The van der Waals surface area contributed by atoms with E-state index >= 15 is 0 Å². The van der Waals surface area contributed by atoms with E-state index in [0.29, 0.717) is 12.1 Å². The van der Waals surface area contributed by atoms with Crippen molar-refractivity contribution in [2.75, 3.05) is 44.3 Å². The Hall–Kier alpha value is -2.37. The molecule has 0 radical (unpaired) electrons. The molecule has 0 aromatic heterocycles. The summed E-state index contributed by atoms with van der Waals surface area (Å²) in [4.78, 5) is 17.3. The summed E-state index contributed by atoms with van der Waals surface area (Å²) in [7, 11) is 0. The lowest BCUT2D eigenvalue weighted by atomic mass is 10.1. The van der Waals surface area contributed by atoms with Crippen molar-refractivity contribution in [1.82, 2.24) is 10.2 Å². The van der Waals surface area contributed by atoms with E-state index < -0.39 is 0 Å². The molecule has 0 saturated carbocycles. The van der Waals surface area contributed by atoms with Crippen molar-refractivity contribution in [3.05, 3.63) is 65.2 Å². The van der Waals surface area contributed by atoms with Crippen molar-refractivity contribution in [1.29, 1.82) is 0 Å². The Morgan fingerprint density at radius 1 is 0.828 bits per heavy atom. The molecule has 2 saturated heterocycles. The van der Waals surface area contributed by atoms with Crippen LogP contribution in [-0.4, -0.2) is 50.2 Å². The van der Waals surface area contributed by atoms with Crippen molar-refractivity contribution < 1.29 is 9.53 Å². The number of benzene rings is 2. The van der Waals surface area contributed by atoms with Crippen molar-refractivity contribution in [2.24, 2.45) is 0 Å². The predicted molar refractivity (Wildman–Crippen MR) is 116 cm³/mol. The molecule has 4 rings (SSSR count). The number of nitrogens with one attached hydrogen (secondary N) is 1. The smallest absolute Gasteiger partial charge is 0.251 e. The molecule has 1 N–H and O–H groups in total. The molecule has 2 aromatic carbocycles. The summed E-state index contributed by atoms with van der Waals surface area (Å²) >= 11 is 0. The summed E-state index contributed by atoms with van der Waals surface area (Å²) < 4.78 is 5.39. The number of carbonyl (C=O) groups excluding carboxylic acids is 1. The zero-order chi connectivity index (χ0) is 19.9. The van der Waals surface area contributed by atoms with Crippen LogP contribution in [-0.2, 0) is 17.8 Å². The number of morpholine rings is 1. The number of anilines is 1. The normalized spacial score (nSPS) is 17.9. The maximum Gasteiger partial charge on any atom is 0.251 e. The van der Waals surface area contributed by atoms with Gasteiger partial charge in [0.05, 0.1) is 13.2 Å². The number of carbonyl (C=O) groups is 1. The molecule has 0 atom stereocenters. The van der Waals surface area contributed by atoms with Crippen LogP contribution in [0.4, 0.5) is 5.69 Å². The molecular weight excluding hydrogens is 362 g/mol. The minimum Gasteiger partial charge on any atom is -0.379 e. The van der Waals surface area contributed by atoms with Crippen LogP contribution in [0.3, 0.4) is 0 Å². The predicted octanol–water partition coefficient (Wildman–Crippen LogP) is 3.44. The van der Waals surface area contributed by atoms with Gasteiger partial charge in [0.25, 0.3) is 5.91 Å². The van der Waals surface area contributed by atoms with Crippen LogP contribution < -0.4 is 10.2 Å². The van der Waals surface area contributed by atoms with Gasteiger partial charge in [0, 0.05) is 50.5 Å². The van der Waals surface area contributed by atoms with Gasteiger partial charge in [0.1, 0.15) is 0 Å². The average Bonchev–Trinajstić information content (AvgIpc) is 2.80. The fourth-order valence-electron chi connectivity index (χ4n) is 4.04. The third-order valence-corrected chi connectivity index (χ3v) is 5.84. The van der Waals surface area contributed by atoms with Crippen molar-refractivity contribution in [3.8, 4) is 0 Å². The van der Waals surface area contributed by atoms with Crippen molar-refractivity contribution >= 4 is 11.6 Å². The highest BCUT2D eigenvalue weighted by Crippen LogP contribution is 2.20. The van der Waals surface area contributed by atoms with E-state index in [1.54, 1.807) is 0 Å². The van der Waals surface area contributed by atoms with Crippen LogP contribution >= 0.6 is 0 Å². The monoisotopic (exact) mass is 393 g/mol. The number of nitrogens with zero attached hydrogens (tertiary/aromatic N) is 2. The minimum atomic E-state index is -0.0250. The molecule has 0 unspecified atom stereocenters. The van der Waals surface area contributed by atoms with Gasteiger partial charge < -0.3 is 15.0 Å². The maximum absolute atomic E-state index is 12.5. The lowest BCUT2D eigenvalue weighted by molar-refractivity contribution is 0.0342. The highest BCUT2D eigenvalue weighted by atomic mass is 16.5. The van der Waals surface area contributed by atoms with Crippen molar-refractivity contribution in [2.45, 2.75) is 32.4 Å². The Morgan fingerprint density at radius 3 is 2.17 bits per heavy atom. The third kappa shape index (κ3) is 5.58. The summed E-state index contributed by atoms with van der Waals surface area (Å²) in [5, 5.41) is 3.04. The largest absolute Gasteiger partial charge is 0.379 e. The van der Waals surface area contributed by atoms with E-state index in [1.165, 1.54) is 30.5 Å². The summed E-state index contributed by atoms with van der Waals surface area (Å²) in [6, 6.07) is 16.5. The molecule has 2 heterocycles. The van der Waals surface area contributed by atoms with Gasteiger partial charge in [0.15, 0.2) is 0 Å². The third-order valence-electron chi connectivity index (χ3n) is 5.84. The highest BCUT2D eigenvalue weighted by molar-refractivity contribution is 5.94. The lowest BCUT2D eigenvalue weighted by Crippen LogP contribution is -2.35. The topological polar surface area (TPSA) is 44.8 Å². The Labute approximate surface area is 173 Å². The van der Waals surface area contributed by atoms with Crippen LogP contribution in [0.15, 0.2) is 48.5 Å². The number of hydrogen-bond donors (Lipinski definition) is 1. The van der Waals surface area contributed by atoms with E-state index in [9.17, 15) is 4.79 Å².